The smallest absolute Gasteiger partial charge is 0.208 e. The first-order valence-electron chi connectivity index (χ1n) is 5.51. The Kier molecular flexibility index (Phi) is 3.58. The van der Waals surface area contributed by atoms with Gasteiger partial charge in [-0.3, -0.25) is 9.78 Å². The Morgan fingerprint density at radius 1 is 1.41 bits per heavy atom. The maximum Gasteiger partial charge on any atom is 0.208 e. The number of aryl methyl sites for hydroxylation is 2. The van der Waals surface area contributed by atoms with Crippen LogP contribution >= 0.6 is 11.5 Å². The quantitative estimate of drug-likeness (QED) is 0.779. The zero-order chi connectivity index (χ0) is 12.3. The Morgan fingerprint density at radius 3 is 2.88 bits per heavy atom. The monoisotopic (exact) mass is 247 g/mol. The van der Waals surface area contributed by atoms with Crippen LogP contribution < -0.4 is 0 Å². The summed E-state index contributed by atoms with van der Waals surface area (Å²) < 4.78 is 3.86. The van der Waals surface area contributed by atoms with Gasteiger partial charge in [0.25, 0.3) is 0 Å². The molecule has 0 saturated heterocycles. The van der Waals surface area contributed by atoms with E-state index in [1.807, 2.05) is 13.0 Å². The molecule has 0 fully saturated rings. The van der Waals surface area contributed by atoms with Crippen LogP contribution in [-0.4, -0.2) is 20.4 Å². The van der Waals surface area contributed by atoms with Gasteiger partial charge in [-0.05, 0) is 37.0 Å². The van der Waals surface area contributed by atoms with Gasteiger partial charge in [0.2, 0.25) is 5.78 Å². The number of carbonyl (C=O) groups excluding carboxylic acids is 1. The lowest BCUT2D eigenvalue weighted by molar-refractivity contribution is 0.104. The molecule has 0 spiro atoms. The van der Waals surface area contributed by atoms with Crippen molar-refractivity contribution in [3.8, 4) is 0 Å². The van der Waals surface area contributed by atoms with Gasteiger partial charge in [-0.1, -0.05) is 17.8 Å². The van der Waals surface area contributed by atoms with E-state index in [0.29, 0.717) is 10.4 Å². The van der Waals surface area contributed by atoms with E-state index in [1.54, 1.807) is 12.3 Å². The lowest BCUT2D eigenvalue weighted by Crippen LogP contribution is -2.03. The van der Waals surface area contributed by atoms with Crippen LogP contribution in [0.15, 0.2) is 18.3 Å². The molecule has 0 radical (unpaired) electrons. The van der Waals surface area contributed by atoms with E-state index in [0.717, 1.165) is 35.8 Å². The van der Waals surface area contributed by atoms with Crippen LogP contribution in [0.2, 0.25) is 0 Å². The molecule has 5 heteroatoms. The Labute approximate surface area is 104 Å². The number of aromatic nitrogens is 3. The second kappa shape index (κ2) is 5.14. The molecule has 2 aromatic heterocycles. The van der Waals surface area contributed by atoms with Crippen molar-refractivity contribution in [3.63, 3.8) is 0 Å². The van der Waals surface area contributed by atoms with Crippen molar-refractivity contribution < 1.29 is 4.79 Å². The third-order valence-corrected chi connectivity index (χ3v) is 3.19. The minimum Gasteiger partial charge on any atom is -0.287 e. The van der Waals surface area contributed by atoms with Crippen molar-refractivity contribution >= 4 is 17.3 Å². The summed E-state index contributed by atoms with van der Waals surface area (Å²) >= 11 is 1.16. The summed E-state index contributed by atoms with van der Waals surface area (Å²) in [5.41, 5.74) is 2.29. The zero-order valence-electron chi connectivity index (χ0n) is 9.80. The number of rotatable bonds is 4. The second-order valence-corrected chi connectivity index (χ2v) is 4.57. The molecule has 0 unspecified atom stereocenters. The fourth-order valence-electron chi connectivity index (χ4n) is 1.51. The van der Waals surface area contributed by atoms with E-state index in [-0.39, 0.29) is 5.78 Å². The van der Waals surface area contributed by atoms with Crippen LogP contribution in [0.25, 0.3) is 0 Å². The highest BCUT2D eigenvalue weighted by molar-refractivity contribution is 7.08. The highest BCUT2D eigenvalue weighted by Gasteiger charge is 2.17. The Balaban J connectivity index is 2.30. The fourth-order valence-corrected chi connectivity index (χ4v) is 2.18. The van der Waals surface area contributed by atoms with E-state index >= 15 is 0 Å². The Morgan fingerprint density at radius 2 is 2.24 bits per heavy atom. The van der Waals surface area contributed by atoms with Gasteiger partial charge in [0.05, 0.1) is 5.69 Å². The van der Waals surface area contributed by atoms with Gasteiger partial charge in [0.1, 0.15) is 4.88 Å². The minimum absolute atomic E-state index is 0.0315. The molecule has 88 valence electrons. The van der Waals surface area contributed by atoms with Crippen LogP contribution in [0, 0.1) is 6.92 Å². The summed E-state index contributed by atoms with van der Waals surface area (Å²) in [5.74, 6) is -0.0315. The summed E-state index contributed by atoms with van der Waals surface area (Å²) in [6.07, 6.45) is 3.35. The number of hydrogen-bond donors (Lipinski definition) is 0. The Bertz CT molecular complexity index is 519. The van der Waals surface area contributed by atoms with E-state index < -0.39 is 0 Å². The predicted octanol–water partition coefficient (Wildman–Crippen LogP) is 2.43. The first kappa shape index (κ1) is 11.9. The lowest BCUT2D eigenvalue weighted by Gasteiger charge is -2.00. The molecule has 0 aliphatic rings. The average Bonchev–Trinajstić information content (AvgIpc) is 2.78. The lowest BCUT2D eigenvalue weighted by atomic mass is 10.1. The molecule has 2 rings (SSSR count). The van der Waals surface area contributed by atoms with Crippen molar-refractivity contribution in [3.05, 3.63) is 40.2 Å². The molecule has 0 aromatic carbocycles. The number of ketones is 1. The molecule has 0 aliphatic carbocycles. The molecule has 0 bridgehead atoms. The Hall–Kier alpha value is -1.62. The first-order chi connectivity index (χ1) is 8.22. The third kappa shape index (κ3) is 2.55. The van der Waals surface area contributed by atoms with Gasteiger partial charge in [0.15, 0.2) is 0 Å². The van der Waals surface area contributed by atoms with Crippen LogP contribution in [0.1, 0.15) is 40.0 Å². The van der Waals surface area contributed by atoms with Crippen molar-refractivity contribution in [1.29, 1.82) is 0 Å². The first-order valence-corrected chi connectivity index (χ1v) is 6.28. The topological polar surface area (TPSA) is 55.7 Å². The van der Waals surface area contributed by atoms with Crippen LogP contribution in [-0.2, 0) is 6.42 Å². The predicted molar refractivity (Wildman–Crippen MR) is 66.3 cm³/mol. The minimum atomic E-state index is -0.0315. The molecule has 17 heavy (non-hydrogen) atoms. The molecule has 0 atom stereocenters. The van der Waals surface area contributed by atoms with Gasteiger partial charge in [-0.2, -0.15) is 0 Å². The van der Waals surface area contributed by atoms with Crippen molar-refractivity contribution in [2.75, 3.05) is 0 Å². The zero-order valence-corrected chi connectivity index (χ0v) is 10.6. The summed E-state index contributed by atoms with van der Waals surface area (Å²) in [5, 5.41) is 4.00. The molecule has 0 N–H and O–H groups in total. The third-order valence-electron chi connectivity index (χ3n) is 2.42. The van der Waals surface area contributed by atoms with E-state index in [1.165, 1.54) is 0 Å². The number of pyridine rings is 1. The van der Waals surface area contributed by atoms with Gasteiger partial charge < -0.3 is 0 Å². The summed E-state index contributed by atoms with van der Waals surface area (Å²) in [6, 6.07) is 3.63. The van der Waals surface area contributed by atoms with Gasteiger partial charge >= 0.3 is 0 Å². The average molecular weight is 247 g/mol. The molecule has 0 aliphatic heterocycles. The van der Waals surface area contributed by atoms with Crippen molar-refractivity contribution in [2.45, 2.75) is 26.7 Å². The van der Waals surface area contributed by atoms with E-state index in [9.17, 15) is 4.79 Å². The highest BCUT2D eigenvalue weighted by Crippen LogP contribution is 2.17. The van der Waals surface area contributed by atoms with Crippen LogP contribution in [0.5, 0.6) is 0 Å². The summed E-state index contributed by atoms with van der Waals surface area (Å²) in [4.78, 5) is 17.0. The molecule has 0 amide bonds. The SMILES string of the molecule is CCCc1nnsc1C(=O)c1ccc(C)nc1. The van der Waals surface area contributed by atoms with Gasteiger partial charge in [0, 0.05) is 17.5 Å². The maximum atomic E-state index is 12.2. The largest absolute Gasteiger partial charge is 0.287 e. The molecule has 0 saturated carbocycles. The van der Waals surface area contributed by atoms with Gasteiger partial charge in [-0.15, -0.1) is 5.10 Å². The van der Waals surface area contributed by atoms with Gasteiger partial charge in [-0.25, -0.2) is 0 Å². The summed E-state index contributed by atoms with van der Waals surface area (Å²) in [7, 11) is 0. The fraction of sp³-hybridized carbons (Fsp3) is 0.333. The highest BCUT2D eigenvalue weighted by atomic mass is 32.1. The van der Waals surface area contributed by atoms with E-state index in [2.05, 4.69) is 21.5 Å². The normalized spacial score (nSPS) is 10.5. The molecule has 2 heterocycles. The molecular formula is C12H13N3OS. The number of nitrogens with zero attached hydrogens (tertiary/aromatic N) is 3. The summed E-state index contributed by atoms with van der Waals surface area (Å²) in [6.45, 7) is 3.95. The van der Waals surface area contributed by atoms with Crippen molar-refractivity contribution in [1.82, 2.24) is 14.6 Å². The molecular weight excluding hydrogens is 234 g/mol. The number of carbonyl (C=O) groups is 1. The standard InChI is InChI=1S/C12H13N3OS/c1-3-4-10-12(17-15-14-10)11(16)9-6-5-8(2)13-7-9/h5-7H,3-4H2,1-2H3. The maximum absolute atomic E-state index is 12.2. The van der Waals surface area contributed by atoms with Crippen LogP contribution in [0.3, 0.4) is 0 Å². The molecule has 2 aromatic rings. The van der Waals surface area contributed by atoms with E-state index in [4.69, 9.17) is 0 Å². The molecule has 4 nitrogen and oxygen atoms in total. The van der Waals surface area contributed by atoms with Crippen LogP contribution in [0.4, 0.5) is 0 Å². The number of hydrogen-bond acceptors (Lipinski definition) is 5. The van der Waals surface area contributed by atoms with Crippen molar-refractivity contribution in [2.24, 2.45) is 0 Å². The second-order valence-electron chi connectivity index (χ2n) is 3.82.